The van der Waals surface area contributed by atoms with E-state index in [1.807, 2.05) is 20.8 Å². The Morgan fingerprint density at radius 3 is 1.78 bits per heavy atom. The predicted molar refractivity (Wildman–Crippen MR) is 56.0 cm³/mol. The van der Waals surface area contributed by atoms with Crippen molar-refractivity contribution < 1.29 is 101 Å². The number of hydrogen-bond acceptors (Lipinski definition) is 4. The van der Waals surface area contributed by atoms with Gasteiger partial charge in [0.05, 0.1) is 11.9 Å². The molecule has 6 heteroatoms. The molecule has 0 rings (SSSR count). The topological polar surface area (TPSA) is 80.3 Å². The molecule has 4 nitrogen and oxygen atoms in total. The molecule has 0 spiro atoms. The third-order valence-electron chi connectivity index (χ3n) is 2.93. The van der Waals surface area contributed by atoms with Gasteiger partial charge >= 0.3 is 80.9 Å². The Balaban J connectivity index is -0.00000112. The van der Waals surface area contributed by atoms with Crippen LogP contribution in [0.4, 0.5) is 0 Å². The molecule has 0 saturated carbocycles. The summed E-state index contributed by atoms with van der Waals surface area (Å²) in [6, 6.07) is 0. The number of unbranched alkanes of at least 4 members (excludes halogenated alkanes) is 2. The van der Waals surface area contributed by atoms with Crippen LogP contribution in [0.25, 0.3) is 0 Å². The van der Waals surface area contributed by atoms with Gasteiger partial charge in [-0.05, 0) is 18.3 Å². The molecule has 0 fully saturated rings. The minimum Gasteiger partial charge on any atom is -0.549 e. The summed E-state index contributed by atoms with van der Waals surface area (Å²) < 4.78 is 0. The number of carbonyl (C=O) groups excluding carboxylic acids is 2. The Labute approximate surface area is 174 Å². The first kappa shape index (κ1) is 24.6. The van der Waals surface area contributed by atoms with Gasteiger partial charge in [0.15, 0.2) is 0 Å². The van der Waals surface area contributed by atoms with Gasteiger partial charge in [-0.1, -0.05) is 40.0 Å². The van der Waals surface area contributed by atoms with Gasteiger partial charge in [0, 0.05) is 5.92 Å². The molecule has 0 aliphatic heterocycles. The van der Waals surface area contributed by atoms with Crippen molar-refractivity contribution in [2.75, 3.05) is 0 Å². The van der Waals surface area contributed by atoms with Crippen LogP contribution in [-0.4, -0.2) is 11.9 Å². The SMILES string of the molecule is CCCCCC(C(C)C)C(C(=O)[O-])C(=O)[O-].[K+].[Na+]. The van der Waals surface area contributed by atoms with E-state index in [4.69, 9.17) is 0 Å². The Hall–Kier alpha value is 1.58. The van der Waals surface area contributed by atoms with Crippen LogP contribution in [0.5, 0.6) is 0 Å². The fraction of sp³-hybridized carbons (Fsp3) is 0.833. The van der Waals surface area contributed by atoms with Gasteiger partial charge in [-0.15, -0.1) is 0 Å². The summed E-state index contributed by atoms with van der Waals surface area (Å²) in [5.41, 5.74) is 0. The summed E-state index contributed by atoms with van der Waals surface area (Å²) in [6.45, 7) is 5.70. The second-order valence-electron chi connectivity index (χ2n) is 4.52. The number of rotatable bonds is 8. The van der Waals surface area contributed by atoms with E-state index in [0.717, 1.165) is 19.3 Å². The maximum absolute atomic E-state index is 10.8. The van der Waals surface area contributed by atoms with E-state index in [0.29, 0.717) is 6.42 Å². The van der Waals surface area contributed by atoms with Gasteiger partial charge in [-0.3, -0.25) is 0 Å². The molecule has 0 heterocycles. The molecule has 94 valence electrons. The maximum atomic E-state index is 10.8. The smallest absolute Gasteiger partial charge is 0.549 e. The molecule has 0 aliphatic carbocycles. The van der Waals surface area contributed by atoms with Gasteiger partial charge in [0.1, 0.15) is 0 Å². The minimum atomic E-state index is -1.53. The van der Waals surface area contributed by atoms with Crippen molar-refractivity contribution in [1.82, 2.24) is 0 Å². The third kappa shape index (κ3) is 9.48. The van der Waals surface area contributed by atoms with Crippen LogP contribution in [0.1, 0.15) is 46.5 Å². The first-order chi connectivity index (χ1) is 7.41. The quantitative estimate of drug-likeness (QED) is 0.253. The number of carboxylic acids is 2. The first-order valence-electron chi connectivity index (χ1n) is 5.83. The molecule has 0 aliphatic rings. The summed E-state index contributed by atoms with van der Waals surface area (Å²) in [5.74, 6) is -4.96. The van der Waals surface area contributed by atoms with Gasteiger partial charge in [0.25, 0.3) is 0 Å². The van der Waals surface area contributed by atoms with E-state index < -0.39 is 23.8 Å². The Morgan fingerprint density at radius 2 is 1.50 bits per heavy atom. The van der Waals surface area contributed by atoms with Gasteiger partial charge in [0.2, 0.25) is 0 Å². The molecule has 0 aromatic heterocycles. The first-order valence-corrected chi connectivity index (χ1v) is 5.83. The molecule has 18 heavy (non-hydrogen) atoms. The summed E-state index contributed by atoms with van der Waals surface area (Å²) in [5, 5.41) is 21.6. The average Bonchev–Trinajstić information content (AvgIpc) is 2.14. The van der Waals surface area contributed by atoms with E-state index in [-0.39, 0.29) is 86.9 Å². The normalized spacial score (nSPS) is 11.6. The van der Waals surface area contributed by atoms with Crippen molar-refractivity contribution in [2.45, 2.75) is 46.5 Å². The number of carbonyl (C=O) groups is 2. The van der Waals surface area contributed by atoms with E-state index in [1.165, 1.54) is 0 Å². The zero-order chi connectivity index (χ0) is 12.7. The number of hydrogen-bond donors (Lipinski definition) is 0. The Bertz CT molecular complexity index is 232. The van der Waals surface area contributed by atoms with Gasteiger partial charge < -0.3 is 19.8 Å². The van der Waals surface area contributed by atoms with Crippen molar-refractivity contribution in [2.24, 2.45) is 17.8 Å². The summed E-state index contributed by atoms with van der Waals surface area (Å²) in [6.07, 6.45) is 3.44. The van der Waals surface area contributed by atoms with Crippen LogP contribution in [0, 0.1) is 17.8 Å². The maximum Gasteiger partial charge on any atom is 1.00 e. The average molecular weight is 290 g/mol. The third-order valence-corrected chi connectivity index (χ3v) is 2.93. The van der Waals surface area contributed by atoms with Crippen LogP contribution >= 0.6 is 0 Å². The van der Waals surface area contributed by atoms with E-state index in [2.05, 4.69) is 0 Å². The monoisotopic (exact) mass is 290 g/mol. The summed E-state index contributed by atoms with van der Waals surface area (Å²) in [7, 11) is 0. The second kappa shape index (κ2) is 13.6. The Kier molecular flexibility index (Phi) is 18.5. The number of carboxylic acid groups (broad SMARTS) is 2. The van der Waals surface area contributed by atoms with E-state index in [1.54, 1.807) is 0 Å². The molecule has 0 aromatic rings. The van der Waals surface area contributed by atoms with Gasteiger partial charge in [-0.2, -0.15) is 0 Å². The number of aliphatic carboxylic acids is 2. The molecule has 0 bridgehead atoms. The van der Waals surface area contributed by atoms with Crippen LogP contribution in [0.2, 0.25) is 0 Å². The standard InChI is InChI=1S/C12H22O4.K.Na/c1-4-5-6-7-9(8(2)3)10(11(13)14)12(15)16;;/h8-10H,4-7H2,1-3H3,(H,13,14)(H,15,16);;/q;2*+1/p-2. The zero-order valence-electron chi connectivity index (χ0n) is 12.2. The fourth-order valence-corrected chi connectivity index (χ4v) is 1.96. The summed E-state index contributed by atoms with van der Waals surface area (Å²) >= 11 is 0. The molecule has 0 saturated heterocycles. The minimum absolute atomic E-state index is 0. The largest absolute Gasteiger partial charge is 1.00 e. The molecular weight excluding hydrogens is 270 g/mol. The van der Waals surface area contributed by atoms with Crippen molar-refractivity contribution in [3.05, 3.63) is 0 Å². The molecule has 0 aromatic carbocycles. The molecule has 0 radical (unpaired) electrons. The molecule has 0 amide bonds. The molecule has 1 atom stereocenters. The van der Waals surface area contributed by atoms with Crippen LogP contribution in [-0.2, 0) is 9.59 Å². The van der Waals surface area contributed by atoms with Crippen LogP contribution < -0.4 is 91.2 Å². The van der Waals surface area contributed by atoms with Crippen LogP contribution in [0.3, 0.4) is 0 Å². The van der Waals surface area contributed by atoms with Crippen molar-refractivity contribution in [1.29, 1.82) is 0 Å². The van der Waals surface area contributed by atoms with Crippen LogP contribution in [0.15, 0.2) is 0 Å². The second-order valence-corrected chi connectivity index (χ2v) is 4.52. The molecule has 0 N–H and O–H groups in total. The predicted octanol–water partition coefficient (Wildman–Crippen LogP) is -6.04. The summed E-state index contributed by atoms with van der Waals surface area (Å²) in [4.78, 5) is 21.6. The Morgan fingerprint density at radius 1 is 1.06 bits per heavy atom. The fourth-order valence-electron chi connectivity index (χ4n) is 1.96. The van der Waals surface area contributed by atoms with E-state index in [9.17, 15) is 19.8 Å². The molecule has 1 unspecified atom stereocenters. The van der Waals surface area contributed by atoms with E-state index >= 15 is 0 Å². The van der Waals surface area contributed by atoms with Gasteiger partial charge in [-0.25, -0.2) is 0 Å². The zero-order valence-corrected chi connectivity index (χ0v) is 17.3. The van der Waals surface area contributed by atoms with Crippen molar-refractivity contribution >= 4 is 11.9 Å². The van der Waals surface area contributed by atoms with Crippen molar-refractivity contribution in [3.63, 3.8) is 0 Å². The van der Waals surface area contributed by atoms with Crippen molar-refractivity contribution in [3.8, 4) is 0 Å². The molecular formula is C12H20KNaO4.